The van der Waals surface area contributed by atoms with Crippen LogP contribution in [0.15, 0.2) is 22.7 Å². The molecule has 0 aromatic rings. The molecule has 48 valence electrons. The molecule has 1 rings (SSSR count). The molecule has 1 nitrogen and oxygen atoms in total. The van der Waals surface area contributed by atoms with E-state index in [2.05, 4.69) is 15.9 Å². The van der Waals surface area contributed by atoms with Crippen molar-refractivity contribution in [3.05, 3.63) is 22.7 Å². The van der Waals surface area contributed by atoms with Gasteiger partial charge in [0.25, 0.3) is 0 Å². The molecule has 1 aliphatic rings. The Morgan fingerprint density at radius 3 is 2.78 bits per heavy atom. The first-order valence-electron chi connectivity index (χ1n) is 2.43. The number of rotatable bonds is 0. The maximum Gasteiger partial charge on any atom is 0.194 e. The summed E-state index contributed by atoms with van der Waals surface area (Å²) >= 11 is 2.91. The third kappa shape index (κ3) is 1.27. The number of allylic oxidation sites excluding steroid dienone is 4. The van der Waals surface area contributed by atoms with Crippen molar-refractivity contribution in [2.75, 3.05) is 0 Å². The minimum atomic E-state index is -1.48. The summed E-state index contributed by atoms with van der Waals surface area (Å²) in [5, 5.41) is 0. The molecule has 0 aromatic carbocycles. The highest BCUT2D eigenvalue weighted by Gasteiger charge is 2.19. The molecule has 1 unspecified atom stereocenters. The van der Waals surface area contributed by atoms with E-state index in [9.17, 15) is 9.18 Å². The van der Waals surface area contributed by atoms with E-state index in [4.69, 9.17) is 0 Å². The summed E-state index contributed by atoms with van der Waals surface area (Å²) in [5.41, 5.74) is 0. The zero-order chi connectivity index (χ0) is 6.85. The fraction of sp³-hybridized carbons (Fsp3) is 0.167. The fourth-order valence-corrected chi connectivity index (χ4v) is 0.918. The largest absolute Gasteiger partial charge is 0.291 e. The number of halogens is 2. The van der Waals surface area contributed by atoms with E-state index in [1.807, 2.05) is 0 Å². The number of hydrogen-bond donors (Lipinski definition) is 0. The minimum Gasteiger partial charge on any atom is -0.291 e. The molecule has 0 saturated heterocycles. The van der Waals surface area contributed by atoms with Crippen LogP contribution in [0.3, 0.4) is 0 Å². The van der Waals surface area contributed by atoms with Crippen LogP contribution in [0.1, 0.15) is 0 Å². The van der Waals surface area contributed by atoms with Crippen molar-refractivity contribution in [3.63, 3.8) is 0 Å². The SMILES string of the molecule is O=C1C=CC=C(Br)C1F. The lowest BCUT2D eigenvalue weighted by atomic mass is 10.1. The molecule has 0 heterocycles. The highest BCUT2D eigenvalue weighted by atomic mass is 79.9. The fourth-order valence-electron chi connectivity index (χ4n) is 0.540. The summed E-state index contributed by atoms with van der Waals surface area (Å²) in [6.07, 6.45) is 2.78. The van der Waals surface area contributed by atoms with Crippen molar-refractivity contribution < 1.29 is 9.18 Å². The lowest BCUT2D eigenvalue weighted by molar-refractivity contribution is -0.117. The molecule has 0 aliphatic heterocycles. The number of carbonyl (C=O) groups is 1. The van der Waals surface area contributed by atoms with Gasteiger partial charge >= 0.3 is 0 Å². The second-order valence-electron chi connectivity index (χ2n) is 1.68. The molecular formula is C6H4BrFO. The standard InChI is InChI=1S/C6H4BrFO/c7-4-2-1-3-5(9)6(4)8/h1-3,6H. The van der Waals surface area contributed by atoms with Crippen LogP contribution in [0.4, 0.5) is 4.39 Å². The van der Waals surface area contributed by atoms with Crippen LogP contribution >= 0.6 is 15.9 Å². The van der Waals surface area contributed by atoms with Crippen molar-refractivity contribution in [1.29, 1.82) is 0 Å². The van der Waals surface area contributed by atoms with Gasteiger partial charge in [0.05, 0.1) is 0 Å². The molecule has 0 saturated carbocycles. The quantitative estimate of drug-likeness (QED) is 0.569. The predicted molar refractivity (Wildman–Crippen MR) is 36.1 cm³/mol. The first-order chi connectivity index (χ1) is 4.22. The topological polar surface area (TPSA) is 17.1 Å². The Balaban J connectivity index is 2.86. The Morgan fingerprint density at radius 2 is 2.33 bits per heavy atom. The molecule has 0 aromatic heterocycles. The smallest absolute Gasteiger partial charge is 0.194 e. The van der Waals surface area contributed by atoms with Gasteiger partial charge in [-0.25, -0.2) is 4.39 Å². The third-order valence-corrected chi connectivity index (χ3v) is 1.67. The predicted octanol–water partition coefficient (Wildman–Crippen LogP) is 1.74. The van der Waals surface area contributed by atoms with Gasteiger partial charge in [-0.15, -0.1) is 0 Å². The second-order valence-corrected chi connectivity index (χ2v) is 2.59. The van der Waals surface area contributed by atoms with Crippen LogP contribution in [0.5, 0.6) is 0 Å². The normalized spacial score (nSPS) is 26.2. The van der Waals surface area contributed by atoms with Crippen molar-refractivity contribution in [2.45, 2.75) is 6.17 Å². The highest BCUT2D eigenvalue weighted by molar-refractivity contribution is 9.11. The Labute approximate surface area is 60.4 Å². The van der Waals surface area contributed by atoms with Gasteiger partial charge in [0.15, 0.2) is 12.0 Å². The number of alkyl halides is 1. The first kappa shape index (κ1) is 6.68. The van der Waals surface area contributed by atoms with Crippen LogP contribution in [-0.4, -0.2) is 12.0 Å². The monoisotopic (exact) mass is 190 g/mol. The minimum absolute atomic E-state index is 0.301. The summed E-state index contributed by atoms with van der Waals surface area (Å²) < 4.78 is 12.8. The zero-order valence-corrected chi connectivity index (χ0v) is 6.06. The molecule has 0 fully saturated rings. The summed E-state index contributed by atoms with van der Waals surface area (Å²) in [4.78, 5) is 10.5. The maximum absolute atomic E-state index is 12.5. The van der Waals surface area contributed by atoms with E-state index in [1.54, 1.807) is 0 Å². The van der Waals surface area contributed by atoms with Crippen LogP contribution in [0, 0.1) is 0 Å². The molecule has 0 N–H and O–H groups in total. The summed E-state index contributed by atoms with van der Waals surface area (Å²) in [5.74, 6) is -0.496. The number of ketones is 1. The molecule has 3 heteroatoms. The summed E-state index contributed by atoms with van der Waals surface area (Å²) in [6, 6.07) is 0. The van der Waals surface area contributed by atoms with Gasteiger partial charge in [-0.2, -0.15) is 0 Å². The lowest BCUT2D eigenvalue weighted by Gasteiger charge is -2.04. The average Bonchev–Trinajstić information content (AvgIpc) is 1.83. The molecule has 9 heavy (non-hydrogen) atoms. The first-order valence-corrected chi connectivity index (χ1v) is 3.23. The van der Waals surface area contributed by atoms with Crippen molar-refractivity contribution in [1.82, 2.24) is 0 Å². The molecule has 0 spiro atoms. The zero-order valence-electron chi connectivity index (χ0n) is 4.47. The van der Waals surface area contributed by atoms with E-state index >= 15 is 0 Å². The average molecular weight is 191 g/mol. The van der Waals surface area contributed by atoms with Gasteiger partial charge in [-0.05, 0) is 12.2 Å². The van der Waals surface area contributed by atoms with Gasteiger partial charge in [0, 0.05) is 4.48 Å². The Bertz CT molecular complexity index is 195. The van der Waals surface area contributed by atoms with Gasteiger partial charge < -0.3 is 0 Å². The van der Waals surface area contributed by atoms with Crippen LogP contribution in [0.2, 0.25) is 0 Å². The third-order valence-electron chi connectivity index (χ3n) is 1.01. The van der Waals surface area contributed by atoms with E-state index in [0.717, 1.165) is 0 Å². The van der Waals surface area contributed by atoms with Gasteiger partial charge in [-0.3, -0.25) is 4.79 Å². The van der Waals surface area contributed by atoms with Crippen LogP contribution < -0.4 is 0 Å². The molecular weight excluding hydrogens is 187 g/mol. The highest BCUT2D eigenvalue weighted by Crippen LogP contribution is 2.18. The number of carbonyl (C=O) groups excluding carboxylic acids is 1. The van der Waals surface area contributed by atoms with E-state index in [1.165, 1.54) is 18.2 Å². The Morgan fingerprint density at radius 1 is 1.67 bits per heavy atom. The van der Waals surface area contributed by atoms with Gasteiger partial charge in [-0.1, -0.05) is 22.0 Å². The molecule has 1 aliphatic carbocycles. The molecule has 0 bridgehead atoms. The maximum atomic E-state index is 12.5. The Kier molecular flexibility index (Phi) is 1.81. The summed E-state index contributed by atoms with van der Waals surface area (Å²) in [7, 11) is 0. The van der Waals surface area contributed by atoms with Crippen molar-refractivity contribution >= 4 is 21.7 Å². The van der Waals surface area contributed by atoms with E-state index in [-0.39, 0.29) is 0 Å². The molecule has 1 atom stereocenters. The Hall–Kier alpha value is -0.440. The molecule has 0 amide bonds. The van der Waals surface area contributed by atoms with Crippen LogP contribution in [-0.2, 0) is 4.79 Å². The molecule has 0 radical (unpaired) electrons. The second kappa shape index (κ2) is 2.43. The number of hydrogen-bond acceptors (Lipinski definition) is 1. The van der Waals surface area contributed by atoms with E-state index in [0.29, 0.717) is 4.48 Å². The van der Waals surface area contributed by atoms with Gasteiger partial charge in [0.2, 0.25) is 0 Å². The van der Waals surface area contributed by atoms with Crippen molar-refractivity contribution in [3.8, 4) is 0 Å². The lowest BCUT2D eigenvalue weighted by Crippen LogP contribution is -2.14. The van der Waals surface area contributed by atoms with E-state index < -0.39 is 12.0 Å². The summed E-state index contributed by atoms with van der Waals surface area (Å²) in [6.45, 7) is 0. The van der Waals surface area contributed by atoms with Crippen LogP contribution in [0.25, 0.3) is 0 Å². The van der Waals surface area contributed by atoms with Crippen molar-refractivity contribution in [2.24, 2.45) is 0 Å². The van der Waals surface area contributed by atoms with Gasteiger partial charge in [0.1, 0.15) is 0 Å².